The number of guanidine groups is 6. The van der Waals surface area contributed by atoms with E-state index in [-0.39, 0.29) is 224 Å². The molecule has 0 aliphatic heterocycles. The lowest BCUT2D eigenvalue weighted by atomic mass is 10.0. The molecule has 0 radical (unpaired) electrons. The van der Waals surface area contributed by atoms with E-state index in [1.54, 1.807) is 0 Å². The van der Waals surface area contributed by atoms with Gasteiger partial charge >= 0.3 is 5.97 Å². The fourth-order valence-corrected chi connectivity index (χ4v) is 14.4. The molecule has 0 saturated carbocycles. The predicted molar refractivity (Wildman–Crippen MR) is 564 cm³/mol. The van der Waals surface area contributed by atoms with Crippen LogP contribution in [0.4, 0.5) is 0 Å². The number of amides is 11. The second-order valence-corrected chi connectivity index (χ2v) is 37.7. The molecule has 48 heteroatoms. The number of hydrogen-bond donors (Lipinski definition) is 12. The average molecular weight is 2050 g/mol. The van der Waals surface area contributed by atoms with Crippen LogP contribution < -0.4 is 58.5 Å². The Morgan fingerprint density at radius 1 is 0.229 bits per heavy atom. The Balaban J connectivity index is 6.99. The van der Waals surface area contributed by atoms with E-state index in [2.05, 4.69) is 88.4 Å². The topological polar surface area (TPSA) is 526 Å². The van der Waals surface area contributed by atoms with Crippen molar-refractivity contribution in [3.8, 4) is 0 Å². The first-order valence-corrected chi connectivity index (χ1v) is 50.4. The number of carbonyl (C=O) groups excluding carboxylic acids is 11. The number of aliphatic carboxylic acids is 1. The molecular formula is C96H187N29O19. The highest BCUT2D eigenvalue weighted by Gasteiger charge is 2.36. The van der Waals surface area contributed by atoms with Crippen LogP contribution in [-0.4, -0.2) is 528 Å². The quantitative estimate of drug-likeness (QED) is 0.0196. The Hall–Kier alpha value is -11.0. The van der Waals surface area contributed by atoms with Gasteiger partial charge in [0.2, 0.25) is 65.0 Å². The SMILES string of the molecule is CN(C)C(=NCCCNC(=O)CCOCC(COCCC(=O)NCCCN=C(N(C)C)N(C)C)(COCCC(=O)NCCCN=C(N(C)C)N(C)C)NC(=O)CCCC(=O)NCCCC[C@H](NC(=O)CCCC(=O)NC(COCCC(=O)NCCCN=C(N(C)C)N(C)C)(COCCC(=O)NCCCN=C(N(C)C)N(C)C)COCCC(=O)NCCCN=C(N(C)C)N(C)C)C(=O)NCCCCCC(=O)O)N(C)C. The minimum absolute atomic E-state index is 0.00802. The summed E-state index contributed by atoms with van der Waals surface area (Å²) in [5.41, 5.74) is -2.92. The van der Waals surface area contributed by atoms with Crippen LogP contribution in [0.5, 0.6) is 0 Å². The fraction of sp³-hybridized carbons (Fsp3) is 0.812. The van der Waals surface area contributed by atoms with Gasteiger partial charge in [0, 0.05) is 331 Å². The second-order valence-electron chi connectivity index (χ2n) is 37.7. The van der Waals surface area contributed by atoms with Gasteiger partial charge in [-0.15, -0.1) is 0 Å². The minimum Gasteiger partial charge on any atom is -0.481 e. The largest absolute Gasteiger partial charge is 0.481 e. The van der Waals surface area contributed by atoms with Gasteiger partial charge < -0.3 is 151 Å². The van der Waals surface area contributed by atoms with E-state index < -0.39 is 46.7 Å². The molecule has 0 unspecified atom stereocenters. The molecule has 0 saturated heterocycles. The van der Waals surface area contributed by atoms with E-state index in [1.165, 1.54) is 0 Å². The van der Waals surface area contributed by atoms with Gasteiger partial charge in [0.1, 0.15) is 17.1 Å². The first kappa shape index (κ1) is 133. The van der Waals surface area contributed by atoms with Crippen molar-refractivity contribution in [1.82, 2.24) is 117 Å². The summed E-state index contributed by atoms with van der Waals surface area (Å²) in [6.07, 6.45) is 4.83. The summed E-state index contributed by atoms with van der Waals surface area (Å²) in [5.74, 6) is -0.400. The van der Waals surface area contributed by atoms with Crippen LogP contribution in [0.2, 0.25) is 0 Å². The molecule has 144 heavy (non-hydrogen) atoms. The monoisotopic (exact) mass is 2050 g/mol. The molecule has 0 fully saturated rings. The zero-order valence-corrected chi connectivity index (χ0v) is 92.0. The number of nitrogens with one attached hydrogen (secondary N) is 11. The number of carboxylic acids is 1. The van der Waals surface area contributed by atoms with Crippen molar-refractivity contribution in [3.63, 3.8) is 0 Å². The zero-order valence-electron chi connectivity index (χ0n) is 92.0. The maximum absolute atomic E-state index is 14.4. The van der Waals surface area contributed by atoms with Crippen molar-refractivity contribution in [2.45, 2.75) is 178 Å². The van der Waals surface area contributed by atoms with Gasteiger partial charge in [-0.3, -0.25) is 87.5 Å². The molecule has 11 amide bonds. The second kappa shape index (κ2) is 80.3. The van der Waals surface area contributed by atoms with Gasteiger partial charge in [-0.2, -0.15) is 0 Å². The molecule has 0 spiro atoms. The summed E-state index contributed by atoms with van der Waals surface area (Å²) in [6.45, 7) is 3.46. The minimum atomic E-state index is -1.48. The first-order chi connectivity index (χ1) is 68.3. The Labute approximate surface area is 858 Å². The van der Waals surface area contributed by atoms with E-state index >= 15 is 0 Å². The zero-order chi connectivity index (χ0) is 108. The number of ether oxygens (including phenoxy) is 6. The highest BCUT2D eigenvalue weighted by molar-refractivity contribution is 5.88. The van der Waals surface area contributed by atoms with Gasteiger partial charge in [-0.25, -0.2) is 0 Å². The lowest BCUT2D eigenvalue weighted by Crippen LogP contribution is -2.58. The smallest absolute Gasteiger partial charge is 0.303 e. The van der Waals surface area contributed by atoms with Crippen molar-refractivity contribution in [3.05, 3.63) is 0 Å². The number of rotatable bonds is 77. The third-order valence-corrected chi connectivity index (χ3v) is 21.1. The molecule has 0 aromatic carbocycles. The number of carboxylic acid groups (broad SMARTS) is 1. The van der Waals surface area contributed by atoms with Gasteiger partial charge in [0.25, 0.3) is 0 Å². The highest BCUT2D eigenvalue weighted by atomic mass is 16.5. The highest BCUT2D eigenvalue weighted by Crippen LogP contribution is 2.16. The van der Waals surface area contributed by atoms with Crippen LogP contribution in [0.15, 0.2) is 30.0 Å². The average Bonchev–Trinajstić information content (AvgIpc) is 0.853. The first-order valence-electron chi connectivity index (χ1n) is 50.4. The standard InChI is InChI=1S/C96H187N29O19/c1-114(2)89(115(3)4)105-58-32-52-98-78(127)44-64-139-70-95(71-140-65-45-79(128)99-53-33-59-106-90(116(5)6)117(7)8,72-141-66-46-80(129)100-54-34-60-107-91(118(9)10)119(11)12)112-85(134)41-30-39-77(126)97-50-29-27-38-76(88(138)104-51-28-25-26-43-87(136)137)111-84(133)40-31-42-86(135)113-96(73-142-67-47-81(130)101-55-35-61-108-92(120(13)14)121(15)16,74-143-68-48-82(131)102-56-36-62-109-93(122(17)18)123(19)20)75-144-69-49-83(132)103-57-37-63-110-94(124(21)22)125(23)24/h76H,25-75H2,1-24H3,(H,97,126)(H,98,127)(H,99,128)(H,100,129)(H,101,130)(H,102,131)(H,103,132)(H,104,138)(H,111,133)(H,112,134)(H,113,135)(H,136,137)/t76-/m0/s1. The van der Waals surface area contributed by atoms with Crippen LogP contribution in [0.25, 0.3) is 0 Å². The molecule has 0 aromatic rings. The Bertz CT molecular complexity index is 3500. The van der Waals surface area contributed by atoms with Crippen molar-refractivity contribution < 1.29 is 91.1 Å². The van der Waals surface area contributed by atoms with Crippen LogP contribution in [0, 0.1) is 0 Å². The maximum atomic E-state index is 14.4. The number of unbranched alkanes of at least 4 members (excludes halogenated alkanes) is 3. The molecule has 1 atom stereocenters. The lowest BCUT2D eigenvalue weighted by Gasteiger charge is -2.34. The Morgan fingerprint density at radius 2 is 0.431 bits per heavy atom. The maximum Gasteiger partial charge on any atom is 0.303 e. The van der Waals surface area contributed by atoms with E-state index in [4.69, 9.17) is 28.4 Å². The van der Waals surface area contributed by atoms with Crippen molar-refractivity contribution in [1.29, 1.82) is 0 Å². The molecule has 0 aliphatic rings. The molecule has 0 rings (SSSR count). The number of hydrogen-bond acceptors (Lipinski definition) is 24. The van der Waals surface area contributed by atoms with Crippen molar-refractivity contribution in [2.24, 2.45) is 30.0 Å². The van der Waals surface area contributed by atoms with Gasteiger partial charge in [0.05, 0.1) is 79.3 Å². The Morgan fingerprint density at radius 3 is 0.660 bits per heavy atom. The molecule has 830 valence electrons. The summed E-state index contributed by atoms with van der Waals surface area (Å²) < 4.78 is 37.1. The third-order valence-electron chi connectivity index (χ3n) is 21.1. The van der Waals surface area contributed by atoms with Crippen LogP contribution in [0.1, 0.15) is 161 Å². The van der Waals surface area contributed by atoms with E-state index in [1.807, 2.05) is 228 Å². The van der Waals surface area contributed by atoms with E-state index in [9.17, 15) is 62.6 Å². The number of nitrogens with zero attached hydrogens (tertiary/aromatic N) is 18. The normalized spacial score (nSPS) is 11.2. The van der Waals surface area contributed by atoms with Crippen molar-refractivity contribution in [2.75, 3.05) is 340 Å². The van der Waals surface area contributed by atoms with E-state index in [0.29, 0.717) is 149 Å². The van der Waals surface area contributed by atoms with Crippen molar-refractivity contribution >= 4 is 107 Å². The fourth-order valence-electron chi connectivity index (χ4n) is 14.4. The van der Waals surface area contributed by atoms with Crippen LogP contribution in [-0.2, 0) is 86.0 Å². The third kappa shape index (κ3) is 68.3. The lowest BCUT2D eigenvalue weighted by molar-refractivity contribution is -0.137. The molecule has 0 aromatic heterocycles. The van der Waals surface area contributed by atoms with Gasteiger partial charge in [0.15, 0.2) is 35.8 Å². The predicted octanol–water partition coefficient (Wildman–Crippen LogP) is -1.08. The molecule has 0 bridgehead atoms. The number of carbonyl (C=O) groups is 12. The van der Waals surface area contributed by atoms with Gasteiger partial charge in [-0.05, 0) is 83.5 Å². The summed E-state index contributed by atoms with van der Waals surface area (Å²) in [7, 11) is 45.5. The van der Waals surface area contributed by atoms with Gasteiger partial charge in [-0.1, -0.05) is 6.42 Å². The summed E-state index contributed by atoms with van der Waals surface area (Å²) in [6, 6.07) is -1.06. The summed E-state index contributed by atoms with van der Waals surface area (Å²) in [4.78, 5) is 211. The van der Waals surface area contributed by atoms with Crippen LogP contribution >= 0.6 is 0 Å². The Kier molecular flexibility index (Phi) is 74.2. The molecule has 48 nitrogen and oxygen atoms in total. The molecule has 12 N–H and O–H groups in total. The molecule has 0 heterocycles. The molecule has 0 aliphatic carbocycles. The molecular weight excluding hydrogens is 1860 g/mol. The van der Waals surface area contributed by atoms with E-state index in [0.717, 1.165) is 35.8 Å². The summed E-state index contributed by atoms with van der Waals surface area (Å²) in [5, 5.41) is 41.3. The summed E-state index contributed by atoms with van der Waals surface area (Å²) >= 11 is 0. The number of aliphatic imine (C=N–C) groups is 6. The van der Waals surface area contributed by atoms with Crippen LogP contribution in [0.3, 0.4) is 0 Å².